The van der Waals surface area contributed by atoms with Gasteiger partial charge in [-0.25, -0.2) is 0 Å². The Balaban J connectivity index is 2.14. The fourth-order valence-electron chi connectivity index (χ4n) is 4.92. The van der Waals surface area contributed by atoms with E-state index in [1.54, 1.807) is 0 Å². The summed E-state index contributed by atoms with van der Waals surface area (Å²) in [5.74, 6) is 0. The van der Waals surface area contributed by atoms with E-state index in [0.717, 1.165) is 0 Å². The normalized spacial score (nSPS) is 13.1. The third-order valence-electron chi connectivity index (χ3n) is 6.32. The summed E-state index contributed by atoms with van der Waals surface area (Å²) < 4.78 is 1.91. The molecule has 3 heterocycles. The van der Waals surface area contributed by atoms with Crippen LogP contribution in [-0.2, 0) is 0 Å². The zero-order valence-electron chi connectivity index (χ0n) is 15.9. The first-order valence-corrected chi connectivity index (χ1v) is 10.0. The molecule has 0 amide bonds. The molecule has 0 bridgehead atoms. The van der Waals surface area contributed by atoms with Gasteiger partial charge in [0.05, 0.1) is 16.6 Å². The molecule has 0 saturated carbocycles. The van der Waals surface area contributed by atoms with Gasteiger partial charge in [0.25, 0.3) is 0 Å². The van der Waals surface area contributed by atoms with Gasteiger partial charge in [-0.05, 0) is 5.46 Å². The van der Waals surface area contributed by atoms with Crippen LogP contribution >= 0.6 is 11.8 Å². The van der Waals surface area contributed by atoms with Crippen LogP contribution in [0.25, 0.3) is 38.1 Å². The number of aromatic nitrogens is 1. The van der Waals surface area contributed by atoms with E-state index in [4.69, 9.17) is 62.8 Å². The van der Waals surface area contributed by atoms with Gasteiger partial charge in [0, 0.05) is 31.3 Å². The first-order valence-electron chi connectivity index (χ1n) is 9.19. The SMILES string of the molecule is [B]c1c([B])c2c3c(c1[B])c1c([B])c(B(O)O)c([B])c4c5c([B])c([B])c([B])c(c5n3c14)S2. The maximum Gasteiger partial charge on any atom is 0.487 e. The summed E-state index contributed by atoms with van der Waals surface area (Å²) in [7, 11) is 48.9. The Morgan fingerprint density at radius 3 is 1.29 bits per heavy atom. The predicted octanol–water partition coefficient (Wildman–Crippen LogP) is -6.67. The molecule has 2 aromatic heterocycles. The lowest BCUT2D eigenvalue weighted by Gasteiger charge is -2.24. The van der Waals surface area contributed by atoms with E-state index in [9.17, 15) is 10.0 Å². The molecule has 0 saturated heterocycles. The van der Waals surface area contributed by atoms with Gasteiger partial charge in [-0.3, -0.25) is 0 Å². The van der Waals surface area contributed by atoms with Gasteiger partial charge >= 0.3 is 7.12 Å². The Morgan fingerprint density at radius 2 is 0.903 bits per heavy atom. The van der Waals surface area contributed by atoms with Crippen LogP contribution in [0.15, 0.2) is 9.79 Å². The first kappa shape index (κ1) is 20.0. The van der Waals surface area contributed by atoms with Crippen LogP contribution in [0.4, 0.5) is 0 Å². The summed E-state index contributed by atoms with van der Waals surface area (Å²) in [6, 6.07) is 0. The predicted molar refractivity (Wildman–Crippen MR) is 138 cm³/mol. The molecule has 1 aliphatic heterocycles. The van der Waals surface area contributed by atoms with E-state index in [0.29, 0.717) is 58.8 Å². The largest absolute Gasteiger partial charge is 0.487 e. The number of hydrogen-bond donors (Lipinski definition) is 2. The monoisotopic (exact) mass is 395 g/mol. The Hall–Kier alpha value is -1.69. The lowest BCUT2D eigenvalue weighted by Crippen LogP contribution is -2.51. The topological polar surface area (TPSA) is 44.9 Å². The standard InChI is InChI=1S/C18H2B9NO2S/c19-5-1-3-7(21)13(27(29)30)8(22)4-2-6(20)10(24)12(26)18-16(2)28(14(3)4)15(1)17(31-18)11(25)9(5)23/h29-30H. The number of benzene rings is 3. The van der Waals surface area contributed by atoms with Gasteiger partial charge in [-0.2, -0.15) is 0 Å². The second-order valence-corrected chi connectivity index (χ2v) is 8.76. The summed E-state index contributed by atoms with van der Waals surface area (Å²) in [4.78, 5) is 1.29. The highest BCUT2D eigenvalue weighted by Crippen LogP contribution is 2.46. The minimum atomic E-state index is -1.93. The van der Waals surface area contributed by atoms with Crippen LogP contribution in [0, 0.1) is 0 Å². The molecule has 0 fully saturated rings. The van der Waals surface area contributed by atoms with E-state index in [1.165, 1.54) is 11.8 Å². The first-order chi connectivity index (χ1) is 14.6. The molecule has 0 spiro atoms. The van der Waals surface area contributed by atoms with Gasteiger partial charge in [0.1, 0.15) is 62.8 Å². The van der Waals surface area contributed by atoms with Crippen molar-refractivity contribution < 1.29 is 10.0 Å². The van der Waals surface area contributed by atoms with Gasteiger partial charge in [0.15, 0.2) is 0 Å². The van der Waals surface area contributed by atoms with Crippen molar-refractivity contribution in [3.8, 4) is 0 Å². The van der Waals surface area contributed by atoms with Crippen LogP contribution in [-0.4, -0.2) is 84.3 Å². The fraction of sp³-hybridized carbons (Fsp3) is 0. The molecule has 16 radical (unpaired) electrons. The molecular weight excluding hydrogens is 392 g/mol. The minimum absolute atomic E-state index is 0.0460. The second kappa shape index (κ2) is 6.00. The van der Waals surface area contributed by atoms with Crippen molar-refractivity contribution in [2.45, 2.75) is 9.79 Å². The molecule has 0 unspecified atom stereocenters. The van der Waals surface area contributed by atoms with Gasteiger partial charge in [-0.1, -0.05) is 44.5 Å². The van der Waals surface area contributed by atoms with Crippen molar-refractivity contribution in [2.75, 3.05) is 0 Å². The molecule has 5 aromatic rings. The van der Waals surface area contributed by atoms with Crippen molar-refractivity contribution in [1.82, 2.24) is 4.40 Å². The molecule has 31 heavy (non-hydrogen) atoms. The van der Waals surface area contributed by atoms with E-state index in [2.05, 4.69) is 0 Å². The van der Waals surface area contributed by atoms with E-state index in [-0.39, 0.29) is 38.2 Å². The van der Waals surface area contributed by atoms with Crippen LogP contribution in [0.1, 0.15) is 0 Å². The quantitative estimate of drug-likeness (QED) is 0.273. The molecule has 6 rings (SSSR count). The van der Waals surface area contributed by atoms with Gasteiger partial charge < -0.3 is 14.4 Å². The molecule has 0 aliphatic carbocycles. The third-order valence-corrected chi connectivity index (χ3v) is 7.55. The summed E-state index contributed by atoms with van der Waals surface area (Å²) in [6.45, 7) is 0. The molecular formula is C18H2B9NO2S. The fourth-order valence-corrected chi connectivity index (χ4v) is 6.14. The number of rotatable bonds is 1. The smallest absolute Gasteiger partial charge is 0.423 e. The van der Waals surface area contributed by atoms with Crippen LogP contribution < -0.4 is 49.2 Å². The molecule has 124 valence electrons. The lowest BCUT2D eigenvalue weighted by atomic mass is 9.61. The van der Waals surface area contributed by atoms with E-state index in [1.807, 2.05) is 4.40 Å². The molecule has 3 aromatic carbocycles. The summed E-state index contributed by atoms with van der Waals surface area (Å²) >= 11 is 1.32. The third kappa shape index (κ3) is 2.03. The van der Waals surface area contributed by atoms with E-state index < -0.39 is 7.12 Å². The average molecular weight is 394 g/mol. The van der Waals surface area contributed by atoms with Crippen LogP contribution in [0.2, 0.25) is 0 Å². The molecule has 0 atom stereocenters. The van der Waals surface area contributed by atoms with Crippen molar-refractivity contribution in [3.05, 3.63) is 0 Å². The van der Waals surface area contributed by atoms with Gasteiger partial charge in [0.2, 0.25) is 0 Å². The Kier molecular flexibility index (Phi) is 3.87. The lowest BCUT2D eigenvalue weighted by molar-refractivity contribution is 0.426. The Bertz CT molecular complexity index is 1560. The van der Waals surface area contributed by atoms with Crippen LogP contribution in [0.5, 0.6) is 0 Å². The summed E-state index contributed by atoms with van der Waals surface area (Å²) in [5, 5.41) is 22.2. The number of fused-ring (bicyclic) bond motifs is 2. The molecule has 1 aliphatic rings. The van der Waals surface area contributed by atoms with Gasteiger partial charge in [-0.15, -0.1) is 10.9 Å². The highest BCUT2D eigenvalue weighted by molar-refractivity contribution is 8.00. The second-order valence-electron chi connectivity index (χ2n) is 7.74. The summed E-state index contributed by atoms with van der Waals surface area (Å²) in [5.41, 5.74) is 3.57. The minimum Gasteiger partial charge on any atom is -0.423 e. The Morgan fingerprint density at radius 1 is 0.516 bits per heavy atom. The zero-order valence-corrected chi connectivity index (χ0v) is 16.8. The molecule has 13 heteroatoms. The number of hydrogen-bond acceptors (Lipinski definition) is 3. The highest BCUT2D eigenvalue weighted by atomic mass is 32.2. The molecule has 3 nitrogen and oxygen atoms in total. The van der Waals surface area contributed by atoms with Crippen molar-refractivity contribution >= 4 is 169 Å². The molecule has 2 N–H and O–H groups in total. The van der Waals surface area contributed by atoms with Crippen molar-refractivity contribution in [1.29, 1.82) is 0 Å². The maximum atomic E-state index is 10.1. The highest BCUT2D eigenvalue weighted by Gasteiger charge is 2.33. The maximum absolute atomic E-state index is 10.1. The summed E-state index contributed by atoms with van der Waals surface area (Å²) in [6.07, 6.45) is 0. The van der Waals surface area contributed by atoms with Crippen LogP contribution in [0.3, 0.4) is 0 Å². The van der Waals surface area contributed by atoms with E-state index >= 15 is 0 Å². The number of nitrogens with zero attached hydrogens (tertiary/aromatic N) is 1. The zero-order chi connectivity index (χ0) is 22.3. The Labute approximate surface area is 192 Å². The van der Waals surface area contributed by atoms with Crippen molar-refractivity contribution in [3.63, 3.8) is 0 Å². The van der Waals surface area contributed by atoms with Crippen molar-refractivity contribution in [2.24, 2.45) is 0 Å². The average Bonchev–Trinajstić information content (AvgIpc) is 3.25.